The molecule has 0 radical (unpaired) electrons. The van der Waals surface area contributed by atoms with Crippen LogP contribution in [0.25, 0.3) is 5.57 Å². The molecule has 0 atom stereocenters. The average molecular weight is 417 g/mol. The summed E-state index contributed by atoms with van der Waals surface area (Å²) >= 11 is 0. The van der Waals surface area contributed by atoms with Gasteiger partial charge >= 0.3 is 0 Å². The molecule has 5 rings (SSSR count). The molecule has 0 saturated heterocycles. The Labute approximate surface area is 176 Å². The van der Waals surface area contributed by atoms with Gasteiger partial charge in [0, 0.05) is 24.1 Å². The zero-order chi connectivity index (χ0) is 21.4. The van der Waals surface area contributed by atoms with Gasteiger partial charge < -0.3 is 14.8 Å². The Balaban J connectivity index is 1.53. The van der Waals surface area contributed by atoms with Gasteiger partial charge in [0.2, 0.25) is 6.79 Å². The van der Waals surface area contributed by atoms with Crippen LogP contribution in [-0.2, 0) is 16.1 Å². The molecule has 2 aliphatic heterocycles. The second-order valence-electron chi connectivity index (χ2n) is 7.01. The Hall–Kier alpha value is -4.20. The molecule has 154 valence electrons. The molecule has 0 spiro atoms. The van der Waals surface area contributed by atoms with Gasteiger partial charge in [0.15, 0.2) is 11.5 Å². The third kappa shape index (κ3) is 3.48. The Kier molecular flexibility index (Phi) is 4.59. The quantitative estimate of drug-likeness (QED) is 0.642. The number of hydrogen-bond acceptors (Lipinski definition) is 6. The summed E-state index contributed by atoms with van der Waals surface area (Å²) < 4.78 is 24.2. The number of fused-ring (bicyclic) bond motifs is 1. The van der Waals surface area contributed by atoms with Crippen LogP contribution >= 0.6 is 0 Å². The number of benzene rings is 2. The molecule has 0 fully saturated rings. The second kappa shape index (κ2) is 7.56. The smallest absolute Gasteiger partial charge is 0.278 e. The molecule has 1 N–H and O–H groups in total. The zero-order valence-electron chi connectivity index (χ0n) is 16.2. The predicted molar refractivity (Wildman–Crippen MR) is 109 cm³/mol. The van der Waals surface area contributed by atoms with Crippen LogP contribution in [0.5, 0.6) is 11.5 Å². The third-order valence-corrected chi connectivity index (χ3v) is 5.01. The summed E-state index contributed by atoms with van der Waals surface area (Å²) in [5, 5.41) is 3.05. The van der Waals surface area contributed by atoms with E-state index in [1.54, 1.807) is 42.7 Å². The molecule has 3 aromatic rings. The first-order chi connectivity index (χ1) is 15.1. The molecular formula is C23H16FN3O4. The number of amides is 2. The van der Waals surface area contributed by atoms with Gasteiger partial charge in [0.05, 0.1) is 12.1 Å². The van der Waals surface area contributed by atoms with E-state index in [2.05, 4.69) is 10.3 Å². The normalized spacial score (nSPS) is 15.1. The zero-order valence-corrected chi connectivity index (χ0v) is 16.2. The van der Waals surface area contributed by atoms with Gasteiger partial charge in [-0.3, -0.25) is 19.5 Å². The van der Waals surface area contributed by atoms with Crippen LogP contribution < -0.4 is 14.8 Å². The number of nitrogens with one attached hydrogen (secondary N) is 1. The van der Waals surface area contributed by atoms with E-state index in [0.717, 1.165) is 4.90 Å². The number of halogens is 1. The van der Waals surface area contributed by atoms with Crippen molar-refractivity contribution < 1.29 is 23.5 Å². The van der Waals surface area contributed by atoms with Gasteiger partial charge in [-0.05, 0) is 41.5 Å². The first-order valence-corrected chi connectivity index (χ1v) is 9.52. The minimum absolute atomic E-state index is 0.0719. The summed E-state index contributed by atoms with van der Waals surface area (Å²) in [4.78, 5) is 31.7. The van der Waals surface area contributed by atoms with Crippen molar-refractivity contribution in [2.45, 2.75) is 6.54 Å². The van der Waals surface area contributed by atoms with Crippen LogP contribution in [-0.4, -0.2) is 28.5 Å². The average Bonchev–Trinajstić information content (AvgIpc) is 3.34. The summed E-state index contributed by atoms with van der Waals surface area (Å²) in [6.07, 6.45) is 3.22. The molecule has 2 aliphatic rings. The van der Waals surface area contributed by atoms with Gasteiger partial charge in [-0.25, -0.2) is 4.39 Å². The maximum atomic E-state index is 13.5. The van der Waals surface area contributed by atoms with Crippen molar-refractivity contribution in [2.75, 3.05) is 12.1 Å². The molecule has 0 unspecified atom stereocenters. The van der Waals surface area contributed by atoms with Gasteiger partial charge in [-0.15, -0.1) is 0 Å². The molecule has 1 aromatic heterocycles. The van der Waals surface area contributed by atoms with Crippen LogP contribution in [0, 0.1) is 5.82 Å². The van der Waals surface area contributed by atoms with Crippen molar-refractivity contribution in [3.63, 3.8) is 0 Å². The summed E-state index contributed by atoms with van der Waals surface area (Å²) in [5.41, 5.74) is 2.00. The van der Waals surface area contributed by atoms with Crippen molar-refractivity contribution in [2.24, 2.45) is 0 Å². The molecule has 0 aliphatic carbocycles. The van der Waals surface area contributed by atoms with Crippen LogP contribution in [0.1, 0.15) is 11.1 Å². The number of pyridine rings is 1. The van der Waals surface area contributed by atoms with Crippen molar-refractivity contribution in [1.82, 2.24) is 9.88 Å². The highest BCUT2D eigenvalue weighted by molar-refractivity contribution is 6.36. The Bertz CT molecular complexity index is 1210. The fourth-order valence-corrected chi connectivity index (χ4v) is 3.51. The highest BCUT2D eigenvalue weighted by Crippen LogP contribution is 2.36. The molecule has 8 heteroatoms. The minimum atomic E-state index is -0.481. The first kappa shape index (κ1) is 18.8. The Morgan fingerprint density at radius 1 is 1.00 bits per heavy atom. The van der Waals surface area contributed by atoms with E-state index in [-0.39, 0.29) is 24.6 Å². The van der Waals surface area contributed by atoms with Crippen molar-refractivity contribution in [3.8, 4) is 11.5 Å². The van der Waals surface area contributed by atoms with E-state index in [1.807, 2.05) is 0 Å². The van der Waals surface area contributed by atoms with Gasteiger partial charge in [-0.1, -0.05) is 18.2 Å². The van der Waals surface area contributed by atoms with Crippen molar-refractivity contribution in [1.29, 1.82) is 0 Å². The maximum Gasteiger partial charge on any atom is 0.278 e. The molecule has 0 saturated carbocycles. The lowest BCUT2D eigenvalue weighted by atomic mass is 10.0. The highest BCUT2D eigenvalue weighted by Gasteiger charge is 2.39. The first-order valence-electron chi connectivity index (χ1n) is 9.52. The SMILES string of the molecule is O=C1C(Nc2ccc3c(c2)OCO3)=C(c2ccc(F)cc2)C(=O)N1Cc1cccnc1. The number of hydrogen-bond donors (Lipinski definition) is 1. The van der Waals surface area contributed by atoms with Crippen LogP contribution in [0.3, 0.4) is 0 Å². The van der Waals surface area contributed by atoms with Gasteiger partial charge in [-0.2, -0.15) is 0 Å². The summed E-state index contributed by atoms with van der Waals surface area (Å²) in [5.74, 6) is -0.239. The lowest BCUT2D eigenvalue weighted by Gasteiger charge is -2.15. The fraction of sp³-hybridized carbons (Fsp3) is 0.0870. The highest BCUT2D eigenvalue weighted by atomic mass is 19.1. The monoisotopic (exact) mass is 417 g/mol. The second-order valence-corrected chi connectivity index (χ2v) is 7.01. The Morgan fingerprint density at radius 3 is 2.58 bits per heavy atom. The molecule has 31 heavy (non-hydrogen) atoms. The van der Waals surface area contributed by atoms with Crippen LogP contribution in [0.4, 0.5) is 10.1 Å². The summed E-state index contributed by atoms with van der Waals surface area (Å²) in [7, 11) is 0. The van der Waals surface area contributed by atoms with E-state index in [0.29, 0.717) is 28.3 Å². The molecule has 2 aromatic carbocycles. The van der Waals surface area contributed by atoms with Crippen molar-refractivity contribution in [3.05, 3.63) is 89.6 Å². The molecular weight excluding hydrogens is 401 g/mol. The van der Waals surface area contributed by atoms with Crippen LogP contribution in [0.15, 0.2) is 72.7 Å². The summed E-state index contributed by atoms with van der Waals surface area (Å²) in [6.45, 7) is 0.196. The fourth-order valence-electron chi connectivity index (χ4n) is 3.51. The number of nitrogens with zero attached hydrogens (tertiary/aromatic N) is 2. The number of rotatable bonds is 5. The largest absolute Gasteiger partial charge is 0.454 e. The molecule has 0 bridgehead atoms. The lowest BCUT2D eigenvalue weighted by molar-refractivity contribution is -0.137. The minimum Gasteiger partial charge on any atom is -0.454 e. The van der Waals surface area contributed by atoms with Crippen LogP contribution in [0.2, 0.25) is 0 Å². The number of carbonyl (C=O) groups excluding carboxylic acids is 2. The van der Waals surface area contributed by atoms with E-state index in [4.69, 9.17) is 9.47 Å². The summed E-state index contributed by atoms with van der Waals surface area (Å²) in [6, 6.07) is 14.1. The topological polar surface area (TPSA) is 80.8 Å². The Morgan fingerprint density at radius 2 is 1.81 bits per heavy atom. The molecule has 3 heterocycles. The van der Waals surface area contributed by atoms with E-state index < -0.39 is 17.6 Å². The molecule has 7 nitrogen and oxygen atoms in total. The standard InChI is InChI=1S/C23H16FN3O4/c24-16-5-3-15(4-6-16)20-21(26-17-7-8-18-19(10-17)31-13-30-18)23(29)27(22(20)28)12-14-2-1-9-25-11-14/h1-11,26H,12-13H2. The number of aromatic nitrogens is 1. The number of carbonyl (C=O) groups is 2. The van der Waals surface area contributed by atoms with Crippen molar-refractivity contribution >= 4 is 23.1 Å². The maximum absolute atomic E-state index is 13.5. The van der Waals surface area contributed by atoms with Gasteiger partial charge in [0.25, 0.3) is 11.8 Å². The number of anilines is 1. The third-order valence-electron chi connectivity index (χ3n) is 5.01. The van der Waals surface area contributed by atoms with E-state index >= 15 is 0 Å². The lowest BCUT2D eigenvalue weighted by Crippen LogP contribution is -2.32. The van der Waals surface area contributed by atoms with E-state index in [9.17, 15) is 14.0 Å². The van der Waals surface area contributed by atoms with Gasteiger partial charge in [0.1, 0.15) is 11.5 Å². The van der Waals surface area contributed by atoms with E-state index in [1.165, 1.54) is 24.3 Å². The molecule has 2 amide bonds. The number of imide groups is 1. The predicted octanol–water partition coefficient (Wildman–Crippen LogP) is 3.34. The number of ether oxygens (including phenoxy) is 2.